The van der Waals surface area contributed by atoms with Gasteiger partial charge in [0.2, 0.25) is 11.8 Å². The smallest absolute Gasteiger partial charge is 0.250 e. The molecule has 0 aliphatic carbocycles. The van der Waals surface area contributed by atoms with Crippen LogP contribution in [0.2, 0.25) is 0 Å². The van der Waals surface area contributed by atoms with Crippen LogP contribution in [-0.4, -0.2) is 47.7 Å². The van der Waals surface area contributed by atoms with Gasteiger partial charge in [0.1, 0.15) is 12.0 Å². The summed E-state index contributed by atoms with van der Waals surface area (Å²) < 4.78 is 16.1. The number of nitrogens with one attached hydrogen (secondary N) is 1. The summed E-state index contributed by atoms with van der Waals surface area (Å²) in [5.74, 6) is 1.93. The van der Waals surface area contributed by atoms with Crippen LogP contribution in [0.1, 0.15) is 24.7 Å². The molecule has 0 atom stereocenters. The average Bonchev–Trinajstić information content (AvgIpc) is 3.41. The van der Waals surface area contributed by atoms with E-state index in [-0.39, 0.29) is 11.8 Å². The molecule has 8 heteroatoms. The van der Waals surface area contributed by atoms with Crippen molar-refractivity contribution in [3.8, 4) is 17.2 Å². The number of carbonyl (C=O) groups excluding carboxylic acids is 1. The Morgan fingerprint density at radius 1 is 1.25 bits per heavy atom. The topological polar surface area (TPSA) is 93.6 Å². The Morgan fingerprint density at radius 3 is 2.82 bits per heavy atom. The molecule has 3 aromatic rings. The van der Waals surface area contributed by atoms with Crippen molar-refractivity contribution < 1.29 is 18.4 Å². The van der Waals surface area contributed by atoms with E-state index >= 15 is 0 Å². The first-order chi connectivity index (χ1) is 13.7. The lowest BCUT2D eigenvalue weighted by atomic mass is 9.97. The molecule has 1 aliphatic heterocycles. The molecule has 0 saturated carbocycles. The summed E-state index contributed by atoms with van der Waals surface area (Å²) in [5.41, 5.74) is 1.46. The number of methoxy groups -OCH3 is 1. The number of nitrogens with zero attached hydrogens (tertiary/aromatic N) is 3. The van der Waals surface area contributed by atoms with Crippen molar-refractivity contribution in [2.45, 2.75) is 18.8 Å². The summed E-state index contributed by atoms with van der Waals surface area (Å²) in [6, 6.07) is 9.18. The quantitative estimate of drug-likeness (QED) is 0.700. The van der Waals surface area contributed by atoms with E-state index in [0.717, 1.165) is 31.5 Å². The zero-order valence-electron chi connectivity index (χ0n) is 15.6. The standard InChI is InChI=1S/C20H22N4O4/c1-26-17-5-3-2-4-16(17)21-18(25)12-24-9-6-14(7-10-24)19-22-23-20(28-19)15-8-11-27-13-15/h2-5,8,11,13-14H,6-7,9-10,12H2,1H3,(H,21,25). The second-order valence-electron chi connectivity index (χ2n) is 6.76. The molecule has 1 aliphatic rings. The highest BCUT2D eigenvalue weighted by molar-refractivity contribution is 5.93. The van der Waals surface area contributed by atoms with Gasteiger partial charge in [0.25, 0.3) is 5.89 Å². The highest BCUT2D eigenvalue weighted by Gasteiger charge is 2.26. The van der Waals surface area contributed by atoms with Crippen LogP contribution < -0.4 is 10.1 Å². The predicted molar refractivity (Wildman–Crippen MR) is 102 cm³/mol. The molecule has 1 fully saturated rings. The summed E-state index contributed by atoms with van der Waals surface area (Å²) in [6.45, 7) is 1.94. The second-order valence-corrected chi connectivity index (χ2v) is 6.76. The van der Waals surface area contributed by atoms with Gasteiger partial charge < -0.3 is 18.9 Å². The molecule has 2 aromatic heterocycles. The van der Waals surface area contributed by atoms with Crippen molar-refractivity contribution in [2.24, 2.45) is 0 Å². The van der Waals surface area contributed by atoms with Crippen molar-refractivity contribution in [2.75, 3.05) is 32.1 Å². The zero-order chi connectivity index (χ0) is 19.3. The first-order valence-electron chi connectivity index (χ1n) is 9.24. The molecule has 1 aromatic carbocycles. The number of ether oxygens (including phenoxy) is 1. The first-order valence-corrected chi connectivity index (χ1v) is 9.24. The maximum atomic E-state index is 12.4. The Morgan fingerprint density at radius 2 is 2.07 bits per heavy atom. The maximum Gasteiger partial charge on any atom is 0.250 e. The third-order valence-electron chi connectivity index (χ3n) is 4.89. The number of piperidine rings is 1. The second kappa shape index (κ2) is 8.26. The van der Waals surface area contributed by atoms with Gasteiger partial charge in [-0.05, 0) is 44.1 Å². The number of hydrogen-bond acceptors (Lipinski definition) is 7. The van der Waals surface area contributed by atoms with Gasteiger partial charge in [-0.2, -0.15) is 0 Å². The van der Waals surface area contributed by atoms with Crippen molar-refractivity contribution in [1.29, 1.82) is 0 Å². The Bertz CT molecular complexity index is 914. The first kappa shape index (κ1) is 18.2. The van der Waals surface area contributed by atoms with Gasteiger partial charge >= 0.3 is 0 Å². The van der Waals surface area contributed by atoms with Gasteiger partial charge in [-0.3, -0.25) is 9.69 Å². The highest BCUT2D eigenvalue weighted by Crippen LogP contribution is 2.29. The normalized spacial score (nSPS) is 15.5. The van der Waals surface area contributed by atoms with Crippen LogP contribution in [-0.2, 0) is 4.79 Å². The van der Waals surface area contributed by atoms with Crippen LogP contribution in [0.4, 0.5) is 5.69 Å². The fourth-order valence-corrected chi connectivity index (χ4v) is 3.38. The van der Waals surface area contributed by atoms with Gasteiger partial charge in [0.05, 0.1) is 31.2 Å². The number of para-hydroxylation sites is 2. The van der Waals surface area contributed by atoms with Crippen LogP contribution in [0.25, 0.3) is 11.5 Å². The third kappa shape index (κ3) is 4.07. The Hall–Kier alpha value is -3.13. The van der Waals surface area contributed by atoms with Crippen molar-refractivity contribution >= 4 is 11.6 Å². The van der Waals surface area contributed by atoms with Crippen LogP contribution >= 0.6 is 0 Å². The number of anilines is 1. The summed E-state index contributed by atoms with van der Waals surface area (Å²) >= 11 is 0. The van der Waals surface area contributed by atoms with E-state index in [0.29, 0.717) is 29.8 Å². The maximum absolute atomic E-state index is 12.4. The number of benzene rings is 1. The number of hydrogen-bond donors (Lipinski definition) is 1. The number of amides is 1. The molecule has 1 saturated heterocycles. The number of aromatic nitrogens is 2. The molecular formula is C20H22N4O4. The lowest BCUT2D eigenvalue weighted by molar-refractivity contribution is -0.117. The summed E-state index contributed by atoms with van der Waals surface area (Å²) in [7, 11) is 1.59. The Balaban J connectivity index is 1.29. The van der Waals surface area contributed by atoms with E-state index in [1.165, 1.54) is 0 Å². The predicted octanol–water partition coefficient (Wildman–Crippen LogP) is 3.16. The minimum atomic E-state index is -0.0528. The monoisotopic (exact) mass is 382 g/mol. The van der Waals surface area contributed by atoms with E-state index in [2.05, 4.69) is 20.4 Å². The van der Waals surface area contributed by atoms with Crippen LogP contribution in [0.3, 0.4) is 0 Å². The van der Waals surface area contributed by atoms with Crippen LogP contribution in [0.15, 0.2) is 51.7 Å². The number of carbonyl (C=O) groups is 1. The molecule has 0 spiro atoms. The van der Waals surface area contributed by atoms with Gasteiger partial charge in [-0.15, -0.1) is 10.2 Å². The molecule has 1 amide bonds. The fourth-order valence-electron chi connectivity index (χ4n) is 3.38. The molecule has 1 N–H and O–H groups in total. The molecule has 28 heavy (non-hydrogen) atoms. The lowest BCUT2D eigenvalue weighted by Crippen LogP contribution is -2.38. The number of furan rings is 1. The van der Waals surface area contributed by atoms with Gasteiger partial charge in [0.15, 0.2) is 0 Å². The van der Waals surface area contributed by atoms with E-state index < -0.39 is 0 Å². The minimum absolute atomic E-state index is 0.0528. The molecule has 0 bridgehead atoms. The molecule has 146 valence electrons. The highest BCUT2D eigenvalue weighted by atomic mass is 16.5. The average molecular weight is 382 g/mol. The SMILES string of the molecule is COc1ccccc1NC(=O)CN1CCC(c2nnc(-c3ccoc3)o2)CC1. The Kier molecular flexibility index (Phi) is 5.38. The summed E-state index contributed by atoms with van der Waals surface area (Å²) in [5, 5.41) is 11.2. The van der Waals surface area contributed by atoms with Gasteiger partial charge in [-0.1, -0.05) is 12.1 Å². The largest absolute Gasteiger partial charge is 0.495 e. The van der Waals surface area contributed by atoms with E-state index in [1.54, 1.807) is 25.7 Å². The summed E-state index contributed by atoms with van der Waals surface area (Å²) in [6.07, 6.45) is 4.90. The summed E-state index contributed by atoms with van der Waals surface area (Å²) in [4.78, 5) is 14.5. The van der Waals surface area contributed by atoms with Crippen molar-refractivity contribution in [3.05, 3.63) is 48.7 Å². The minimum Gasteiger partial charge on any atom is -0.495 e. The van der Waals surface area contributed by atoms with Crippen LogP contribution in [0, 0.1) is 0 Å². The number of likely N-dealkylation sites (tertiary alicyclic amines) is 1. The molecule has 0 radical (unpaired) electrons. The molecule has 4 rings (SSSR count). The molecule has 8 nitrogen and oxygen atoms in total. The lowest BCUT2D eigenvalue weighted by Gasteiger charge is -2.29. The van der Waals surface area contributed by atoms with Crippen molar-refractivity contribution in [3.63, 3.8) is 0 Å². The molecule has 0 unspecified atom stereocenters. The number of rotatable bonds is 6. The van der Waals surface area contributed by atoms with Gasteiger partial charge in [-0.25, -0.2) is 0 Å². The van der Waals surface area contributed by atoms with E-state index in [9.17, 15) is 4.79 Å². The third-order valence-corrected chi connectivity index (χ3v) is 4.89. The Labute approximate surface area is 162 Å². The van der Waals surface area contributed by atoms with Crippen LogP contribution in [0.5, 0.6) is 5.75 Å². The zero-order valence-corrected chi connectivity index (χ0v) is 15.6. The van der Waals surface area contributed by atoms with E-state index in [1.807, 2.05) is 24.3 Å². The van der Waals surface area contributed by atoms with Gasteiger partial charge in [0, 0.05) is 5.92 Å². The van der Waals surface area contributed by atoms with Crippen molar-refractivity contribution in [1.82, 2.24) is 15.1 Å². The van der Waals surface area contributed by atoms with E-state index in [4.69, 9.17) is 13.6 Å². The molecular weight excluding hydrogens is 360 g/mol. The fraction of sp³-hybridized carbons (Fsp3) is 0.350. The molecule has 3 heterocycles.